The van der Waals surface area contributed by atoms with Gasteiger partial charge < -0.3 is 29.4 Å². The minimum absolute atomic E-state index is 0.208. The molecule has 0 amide bonds. The van der Waals surface area contributed by atoms with E-state index in [1.54, 1.807) is 0 Å². The van der Waals surface area contributed by atoms with Crippen molar-refractivity contribution in [2.45, 2.75) is 37.9 Å². The quantitative estimate of drug-likeness (QED) is 0.288. The molecule has 192 valence electrons. The fraction of sp³-hybridized carbons (Fsp3) is 0.400. The van der Waals surface area contributed by atoms with E-state index in [9.17, 15) is 5.11 Å². The van der Waals surface area contributed by atoms with Crippen molar-refractivity contribution in [3.63, 3.8) is 0 Å². The van der Waals surface area contributed by atoms with Crippen LogP contribution in [0.3, 0.4) is 0 Å². The Kier molecular flexibility index (Phi) is 10.5. The first-order valence-corrected chi connectivity index (χ1v) is 12.9. The van der Waals surface area contributed by atoms with E-state index in [2.05, 4.69) is 23.5 Å². The van der Waals surface area contributed by atoms with Crippen molar-refractivity contribution in [1.82, 2.24) is 5.32 Å². The van der Waals surface area contributed by atoms with Crippen molar-refractivity contribution in [1.29, 1.82) is 0 Å². The van der Waals surface area contributed by atoms with Gasteiger partial charge in [-0.1, -0.05) is 61.4 Å². The van der Waals surface area contributed by atoms with Gasteiger partial charge in [0.05, 0.1) is 12.7 Å². The molecule has 0 aliphatic heterocycles. The standard InChI is InChI=1S/C30H37NO5/c32-25(22-31-18-19-35-30-13-7-6-12-29(30)24-8-2-1-3-9-24)23-36-28-16-14-27(15-17-28)34-21-20-33-26-10-4-5-11-26/h1-3,6-9,12-17,25-26,31-32H,4-5,10-11,18-23H2. The van der Waals surface area contributed by atoms with E-state index in [0.29, 0.717) is 44.8 Å². The average Bonchev–Trinajstić information content (AvgIpc) is 3.45. The van der Waals surface area contributed by atoms with Crippen LogP contribution in [0.1, 0.15) is 25.7 Å². The predicted molar refractivity (Wildman–Crippen MR) is 142 cm³/mol. The molecule has 0 bridgehead atoms. The molecule has 3 aromatic rings. The minimum Gasteiger partial charge on any atom is -0.492 e. The first-order chi connectivity index (χ1) is 17.8. The van der Waals surface area contributed by atoms with Gasteiger partial charge in [0.1, 0.15) is 43.2 Å². The highest BCUT2D eigenvalue weighted by molar-refractivity contribution is 5.70. The number of para-hydroxylation sites is 1. The SMILES string of the molecule is OC(CNCCOc1ccccc1-c1ccccc1)COc1ccc(OCCOC2CCCC2)cc1. The largest absolute Gasteiger partial charge is 0.492 e. The van der Waals surface area contributed by atoms with E-state index in [4.69, 9.17) is 18.9 Å². The fourth-order valence-corrected chi connectivity index (χ4v) is 4.26. The Morgan fingerprint density at radius 1 is 0.750 bits per heavy atom. The first-order valence-electron chi connectivity index (χ1n) is 12.9. The van der Waals surface area contributed by atoms with E-state index in [1.165, 1.54) is 25.7 Å². The number of hydrogen-bond donors (Lipinski definition) is 2. The monoisotopic (exact) mass is 491 g/mol. The zero-order chi connectivity index (χ0) is 24.8. The van der Waals surface area contributed by atoms with Gasteiger partial charge in [-0.05, 0) is 48.7 Å². The number of benzene rings is 3. The van der Waals surface area contributed by atoms with Crippen LogP contribution in [-0.4, -0.2) is 56.8 Å². The predicted octanol–water partition coefficient (Wildman–Crippen LogP) is 5.10. The Bertz CT molecular complexity index is 1010. The van der Waals surface area contributed by atoms with Gasteiger partial charge in [0.15, 0.2) is 0 Å². The van der Waals surface area contributed by atoms with Crippen LogP contribution in [0, 0.1) is 0 Å². The van der Waals surface area contributed by atoms with Gasteiger partial charge in [-0.2, -0.15) is 0 Å². The van der Waals surface area contributed by atoms with Crippen LogP contribution in [0.25, 0.3) is 11.1 Å². The van der Waals surface area contributed by atoms with Crippen LogP contribution >= 0.6 is 0 Å². The van der Waals surface area contributed by atoms with Crippen molar-refractivity contribution < 1.29 is 24.1 Å². The summed E-state index contributed by atoms with van der Waals surface area (Å²) in [6.45, 7) is 2.92. The summed E-state index contributed by atoms with van der Waals surface area (Å²) >= 11 is 0. The van der Waals surface area contributed by atoms with Gasteiger partial charge in [-0.25, -0.2) is 0 Å². The summed E-state index contributed by atoms with van der Waals surface area (Å²) in [5.74, 6) is 2.33. The van der Waals surface area contributed by atoms with Crippen molar-refractivity contribution >= 4 is 0 Å². The maximum absolute atomic E-state index is 10.2. The molecular formula is C30H37NO5. The minimum atomic E-state index is -0.620. The normalized spacial score (nSPS) is 14.5. The lowest BCUT2D eigenvalue weighted by atomic mass is 10.1. The number of hydrogen-bond acceptors (Lipinski definition) is 6. The molecule has 1 fully saturated rings. The number of nitrogens with one attached hydrogen (secondary N) is 1. The molecule has 1 aliphatic rings. The molecule has 0 spiro atoms. The molecule has 6 heteroatoms. The van der Waals surface area contributed by atoms with Gasteiger partial charge in [-0.15, -0.1) is 0 Å². The Morgan fingerprint density at radius 3 is 2.22 bits per heavy atom. The molecule has 36 heavy (non-hydrogen) atoms. The molecule has 0 heterocycles. The van der Waals surface area contributed by atoms with Gasteiger partial charge in [-0.3, -0.25) is 0 Å². The van der Waals surface area contributed by atoms with E-state index < -0.39 is 6.10 Å². The summed E-state index contributed by atoms with van der Waals surface area (Å²) in [5.41, 5.74) is 2.20. The van der Waals surface area contributed by atoms with Crippen LogP contribution in [-0.2, 0) is 4.74 Å². The zero-order valence-electron chi connectivity index (χ0n) is 20.8. The molecule has 1 saturated carbocycles. The Hall–Kier alpha value is -3.06. The molecular weight excluding hydrogens is 454 g/mol. The van der Waals surface area contributed by atoms with E-state index >= 15 is 0 Å². The lowest BCUT2D eigenvalue weighted by molar-refractivity contribution is 0.0382. The van der Waals surface area contributed by atoms with E-state index in [1.807, 2.05) is 60.7 Å². The molecule has 1 unspecified atom stereocenters. The molecule has 6 nitrogen and oxygen atoms in total. The molecule has 0 saturated heterocycles. The molecule has 1 aliphatic carbocycles. The molecule has 0 radical (unpaired) electrons. The Labute approximate surface area is 214 Å². The van der Waals surface area contributed by atoms with Gasteiger partial charge in [0.2, 0.25) is 0 Å². The average molecular weight is 492 g/mol. The zero-order valence-corrected chi connectivity index (χ0v) is 20.8. The highest BCUT2D eigenvalue weighted by Gasteiger charge is 2.14. The summed E-state index contributed by atoms with van der Waals surface area (Å²) in [6.07, 6.45) is 4.68. The van der Waals surface area contributed by atoms with Gasteiger partial charge >= 0.3 is 0 Å². The Balaban J connectivity index is 1.08. The van der Waals surface area contributed by atoms with Crippen molar-refractivity contribution in [2.24, 2.45) is 0 Å². The van der Waals surface area contributed by atoms with Gasteiger partial charge in [0.25, 0.3) is 0 Å². The Morgan fingerprint density at radius 2 is 1.44 bits per heavy atom. The topological polar surface area (TPSA) is 69.2 Å². The third-order valence-electron chi connectivity index (χ3n) is 6.16. The van der Waals surface area contributed by atoms with Crippen LogP contribution in [0.2, 0.25) is 0 Å². The number of rotatable bonds is 15. The van der Waals surface area contributed by atoms with E-state index in [-0.39, 0.29) is 6.61 Å². The summed E-state index contributed by atoms with van der Waals surface area (Å²) in [5, 5.41) is 13.5. The number of aliphatic hydroxyl groups excluding tert-OH is 1. The second kappa shape index (κ2) is 14.5. The maximum atomic E-state index is 10.2. The van der Waals surface area contributed by atoms with Crippen molar-refractivity contribution in [3.05, 3.63) is 78.9 Å². The summed E-state index contributed by atoms with van der Waals surface area (Å²) in [4.78, 5) is 0. The molecule has 0 aromatic heterocycles. The molecule has 3 aromatic carbocycles. The van der Waals surface area contributed by atoms with Crippen molar-refractivity contribution in [3.8, 4) is 28.4 Å². The smallest absolute Gasteiger partial charge is 0.127 e. The molecule has 4 rings (SSSR count). The number of aliphatic hydroxyl groups is 1. The fourth-order valence-electron chi connectivity index (χ4n) is 4.26. The van der Waals surface area contributed by atoms with Gasteiger partial charge in [0, 0.05) is 18.7 Å². The van der Waals surface area contributed by atoms with Crippen LogP contribution < -0.4 is 19.5 Å². The first kappa shape index (κ1) is 26.0. The van der Waals surface area contributed by atoms with Crippen LogP contribution in [0.5, 0.6) is 17.2 Å². The third-order valence-corrected chi connectivity index (χ3v) is 6.16. The second-order valence-corrected chi connectivity index (χ2v) is 8.98. The maximum Gasteiger partial charge on any atom is 0.127 e. The highest BCUT2D eigenvalue weighted by Crippen LogP contribution is 2.29. The molecule has 2 N–H and O–H groups in total. The third kappa shape index (κ3) is 8.55. The molecule has 1 atom stereocenters. The van der Waals surface area contributed by atoms with Crippen LogP contribution in [0.4, 0.5) is 0 Å². The summed E-state index contributed by atoms with van der Waals surface area (Å²) < 4.78 is 23.2. The van der Waals surface area contributed by atoms with Crippen molar-refractivity contribution in [2.75, 3.05) is 39.5 Å². The lowest BCUT2D eigenvalue weighted by Gasteiger charge is -2.15. The highest BCUT2D eigenvalue weighted by atomic mass is 16.5. The van der Waals surface area contributed by atoms with Crippen LogP contribution in [0.15, 0.2) is 78.9 Å². The number of ether oxygens (including phenoxy) is 4. The summed E-state index contributed by atoms with van der Waals surface area (Å²) in [7, 11) is 0. The second-order valence-electron chi connectivity index (χ2n) is 8.98. The van der Waals surface area contributed by atoms with E-state index in [0.717, 1.165) is 22.6 Å². The summed E-state index contributed by atoms with van der Waals surface area (Å²) in [6, 6.07) is 25.7. The lowest BCUT2D eigenvalue weighted by Crippen LogP contribution is -2.33.